The Morgan fingerprint density at radius 1 is 1.33 bits per heavy atom. The largest absolute Gasteiger partial charge is 0.461 e. The lowest BCUT2D eigenvalue weighted by molar-refractivity contribution is -0.149. The molecular formula is C12H17NO2. The summed E-state index contributed by atoms with van der Waals surface area (Å²) in [5, 5.41) is 0. The summed E-state index contributed by atoms with van der Waals surface area (Å²) in [4.78, 5) is 11.5. The zero-order valence-corrected chi connectivity index (χ0v) is 9.14. The van der Waals surface area contributed by atoms with E-state index in [0.29, 0.717) is 6.61 Å². The molecule has 15 heavy (non-hydrogen) atoms. The minimum Gasteiger partial charge on any atom is -0.461 e. The molecule has 2 atom stereocenters. The highest BCUT2D eigenvalue weighted by atomic mass is 16.5. The van der Waals surface area contributed by atoms with E-state index in [9.17, 15) is 4.79 Å². The van der Waals surface area contributed by atoms with E-state index in [4.69, 9.17) is 10.5 Å². The minimum absolute atomic E-state index is 0.173. The van der Waals surface area contributed by atoms with Crippen LogP contribution in [0.1, 0.15) is 19.4 Å². The van der Waals surface area contributed by atoms with Crippen LogP contribution in [-0.4, -0.2) is 12.0 Å². The summed E-state index contributed by atoms with van der Waals surface area (Å²) in [6, 6.07) is 9.42. The molecule has 0 amide bonds. The van der Waals surface area contributed by atoms with Gasteiger partial charge in [0, 0.05) is 6.04 Å². The molecule has 0 spiro atoms. The number of nitrogens with two attached hydrogens (primary N) is 1. The first-order valence-corrected chi connectivity index (χ1v) is 5.07. The van der Waals surface area contributed by atoms with Crippen LogP contribution in [0, 0.1) is 5.92 Å². The maximum absolute atomic E-state index is 11.5. The number of esters is 1. The van der Waals surface area contributed by atoms with Crippen molar-refractivity contribution in [1.82, 2.24) is 0 Å². The Kier molecular flexibility index (Phi) is 4.31. The fourth-order valence-corrected chi connectivity index (χ4v) is 1.07. The Morgan fingerprint density at radius 3 is 2.47 bits per heavy atom. The van der Waals surface area contributed by atoms with Crippen molar-refractivity contribution in [3.05, 3.63) is 35.9 Å². The van der Waals surface area contributed by atoms with Crippen molar-refractivity contribution in [3.63, 3.8) is 0 Å². The molecule has 82 valence electrons. The lowest BCUT2D eigenvalue weighted by atomic mass is 10.1. The summed E-state index contributed by atoms with van der Waals surface area (Å²) in [6.07, 6.45) is 0. The second kappa shape index (κ2) is 5.51. The molecule has 2 N–H and O–H groups in total. The molecule has 0 fully saturated rings. The molecule has 0 heterocycles. The maximum Gasteiger partial charge on any atom is 0.310 e. The van der Waals surface area contributed by atoms with Crippen LogP contribution in [0.5, 0.6) is 0 Å². The second-order valence-electron chi connectivity index (χ2n) is 3.74. The number of benzene rings is 1. The summed E-state index contributed by atoms with van der Waals surface area (Å²) in [6.45, 7) is 3.89. The van der Waals surface area contributed by atoms with Crippen LogP contribution < -0.4 is 5.73 Å². The number of ether oxygens (including phenoxy) is 1. The fourth-order valence-electron chi connectivity index (χ4n) is 1.07. The minimum atomic E-state index is -0.256. The number of hydrogen-bond donors (Lipinski definition) is 1. The summed E-state index contributed by atoms with van der Waals surface area (Å²) >= 11 is 0. The zero-order valence-electron chi connectivity index (χ0n) is 9.14. The summed E-state index contributed by atoms with van der Waals surface area (Å²) < 4.78 is 5.13. The molecule has 0 aromatic heterocycles. The number of carbonyl (C=O) groups excluding carboxylic acids is 1. The third-order valence-electron chi connectivity index (χ3n) is 2.38. The van der Waals surface area contributed by atoms with Gasteiger partial charge in [0.05, 0.1) is 5.92 Å². The Morgan fingerprint density at radius 2 is 1.93 bits per heavy atom. The molecule has 2 unspecified atom stereocenters. The molecule has 0 saturated carbocycles. The summed E-state index contributed by atoms with van der Waals surface area (Å²) in [5.74, 6) is -0.498. The Labute approximate surface area is 90.2 Å². The van der Waals surface area contributed by atoms with E-state index in [1.165, 1.54) is 0 Å². The number of rotatable bonds is 4. The molecule has 1 rings (SSSR count). The molecule has 0 bridgehead atoms. The first-order chi connectivity index (χ1) is 7.11. The van der Waals surface area contributed by atoms with Gasteiger partial charge in [-0.3, -0.25) is 4.79 Å². The smallest absolute Gasteiger partial charge is 0.310 e. The van der Waals surface area contributed by atoms with E-state index in [1.54, 1.807) is 13.8 Å². The van der Waals surface area contributed by atoms with Gasteiger partial charge in [0.2, 0.25) is 0 Å². The highest BCUT2D eigenvalue weighted by molar-refractivity contribution is 5.72. The van der Waals surface area contributed by atoms with Crippen molar-refractivity contribution in [2.75, 3.05) is 0 Å². The molecule has 0 radical (unpaired) electrons. The summed E-state index contributed by atoms with van der Waals surface area (Å²) in [7, 11) is 0. The average Bonchev–Trinajstić information content (AvgIpc) is 2.26. The topological polar surface area (TPSA) is 52.3 Å². The SMILES string of the molecule is CC(N)C(C)C(=O)OCc1ccccc1. The molecule has 0 aliphatic carbocycles. The van der Waals surface area contributed by atoms with Crippen LogP contribution in [0.3, 0.4) is 0 Å². The van der Waals surface area contributed by atoms with Gasteiger partial charge in [-0.1, -0.05) is 37.3 Å². The van der Waals surface area contributed by atoms with Crippen LogP contribution >= 0.6 is 0 Å². The van der Waals surface area contributed by atoms with Crippen LogP contribution in [0.25, 0.3) is 0 Å². The third kappa shape index (κ3) is 3.72. The van der Waals surface area contributed by atoms with Gasteiger partial charge in [-0.2, -0.15) is 0 Å². The number of carbonyl (C=O) groups is 1. The molecule has 1 aromatic rings. The molecule has 3 heteroatoms. The Bertz CT molecular complexity index is 309. The third-order valence-corrected chi connectivity index (χ3v) is 2.38. The standard InChI is InChI=1S/C12H17NO2/c1-9(10(2)13)12(14)15-8-11-6-4-3-5-7-11/h3-7,9-10H,8,13H2,1-2H3. The highest BCUT2D eigenvalue weighted by Gasteiger charge is 2.18. The zero-order chi connectivity index (χ0) is 11.3. The van der Waals surface area contributed by atoms with E-state index >= 15 is 0 Å². The van der Waals surface area contributed by atoms with Crippen molar-refractivity contribution in [2.24, 2.45) is 11.7 Å². The van der Waals surface area contributed by atoms with Gasteiger partial charge in [-0.15, -0.1) is 0 Å². The van der Waals surface area contributed by atoms with Gasteiger partial charge in [-0.25, -0.2) is 0 Å². The van der Waals surface area contributed by atoms with Crippen molar-refractivity contribution in [3.8, 4) is 0 Å². The van der Waals surface area contributed by atoms with Crippen LogP contribution in [-0.2, 0) is 16.1 Å². The average molecular weight is 207 g/mol. The first-order valence-electron chi connectivity index (χ1n) is 5.07. The second-order valence-corrected chi connectivity index (χ2v) is 3.74. The van der Waals surface area contributed by atoms with Crippen molar-refractivity contribution < 1.29 is 9.53 Å². The van der Waals surface area contributed by atoms with Gasteiger partial charge in [0.15, 0.2) is 0 Å². The maximum atomic E-state index is 11.5. The molecule has 3 nitrogen and oxygen atoms in total. The van der Waals surface area contributed by atoms with Crippen LogP contribution in [0.2, 0.25) is 0 Å². The monoisotopic (exact) mass is 207 g/mol. The van der Waals surface area contributed by atoms with Crippen LogP contribution in [0.4, 0.5) is 0 Å². The predicted molar refractivity (Wildman–Crippen MR) is 59.1 cm³/mol. The van der Waals surface area contributed by atoms with Crippen LogP contribution in [0.15, 0.2) is 30.3 Å². The van der Waals surface area contributed by atoms with Crippen molar-refractivity contribution in [1.29, 1.82) is 0 Å². The van der Waals surface area contributed by atoms with E-state index < -0.39 is 0 Å². The normalized spacial score (nSPS) is 14.3. The van der Waals surface area contributed by atoms with Crippen molar-refractivity contribution in [2.45, 2.75) is 26.5 Å². The highest BCUT2D eigenvalue weighted by Crippen LogP contribution is 2.06. The predicted octanol–water partition coefficient (Wildman–Crippen LogP) is 1.71. The van der Waals surface area contributed by atoms with E-state index in [2.05, 4.69) is 0 Å². The van der Waals surface area contributed by atoms with Gasteiger partial charge >= 0.3 is 5.97 Å². The quantitative estimate of drug-likeness (QED) is 0.765. The van der Waals surface area contributed by atoms with Gasteiger partial charge in [0.25, 0.3) is 0 Å². The van der Waals surface area contributed by atoms with Gasteiger partial charge in [0.1, 0.15) is 6.61 Å². The molecule has 1 aromatic carbocycles. The van der Waals surface area contributed by atoms with E-state index in [0.717, 1.165) is 5.56 Å². The Balaban J connectivity index is 2.41. The van der Waals surface area contributed by atoms with E-state index in [-0.39, 0.29) is 17.9 Å². The first kappa shape index (κ1) is 11.7. The molecule has 0 aliphatic heterocycles. The molecule has 0 saturated heterocycles. The lowest BCUT2D eigenvalue weighted by Crippen LogP contribution is -2.31. The number of hydrogen-bond acceptors (Lipinski definition) is 3. The fraction of sp³-hybridized carbons (Fsp3) is 0.417. The van der Waals surface area contributed by atoms with E-state index in [1.807, 2.05) is 30.3 Å². The van der Waals surface area contributed by atoms with Crippen molar-refractivity contribution >= 4 is 5.97 Å². The lowest BCUT2D eigenvalue weighted by Gasteiger charge is -2.14. The van der Waals surface area contributed by atoms with Gasteiger partial charge < -0.3 is 10.5 Å². The molecule has 0 aliphatic rings. The molecular weight excluding hydrogens is 190 g/mol. The Hall–Kier alpha value is -1.35. The van der Waals surface area contributed by atoms with Gasteiger partial charge in [-0.05, 0) is 12.5 Å². The summed E-state index contributed by atoms with van der Waals surface area (Å²) in [5.41, 5.74) is 6.59.